The van der Waals surface area contributed by atoms with Gasteiger partial charge in [-0.15, -0.1) is 17.9 Å². The van der Waals surface area contributed by atoms with Crippen LogP contribution >= 0.6 is 11.3 Å². The molecule has 33 heavy (non-hydrogen) atoms. The Kier molecular flexibility index (Phi) is 8.02. The van der Waals surface area contributed by atoms with E-state index in [1.807, 2.05) is 49.9 Å². The summed E-state index contributed by atoms with van der Waals surface area (Å²) < 4.78 is 11.5. The maximum atomic E-state index is 13.4. The second-order valence-electron chi connectivity index (χ2n) is 8.96. The first-order valence-corrected chi connectivity index (χ1v) is 11.9. The monoisotopic (exact) mass is 471 g/mol. The van der Waals surface area contributed by atoms with Crippen LogP contribution in [0.4, 0.5) is 4.79 Å². The Morgan fingerprint density at radius 2 is 2.00 bits per heavy atom. The van der Waals surface area contributed by atoms with Gasteiger partial charge in [-0.3, -0.25) is 4.79 Å². The maximum absolute atomic E-state index is 13.4. The van der Waals surface area contributed by atoms with Gasteiger partial charge in [0.15, 0.2) is 11.5 Å². The molecular formula is C25H33N3O4S. The zero-order chi connectivity index (χ0) is 24.0. The first-order chi connectivity index (χ1) is 15.7. The number of hydrogen-bond acceptors (Lipinski definition) is 5. The first-order valence-electron chi connectivity index (χ1n) is 11.0. The number of carbonyl (C=O) groups is 2. The average molecular weight is 472 g/mol. The Labute approximate surface area is 200 Å². The zero-order valence-electron chi connectivity index (χ0n) is 19.8. The molecule has 1 aromatic heterocycles. The van der Waals surface area contributed by atoms with Crippen LogP contribution in [0, 0.1) is 0 Å². The van der Waals surface area contributed by atoms with Crippen molar-refractivity contribution >= 4 is 23.3 Å². The molecule has 1 N–H and O–H groups in total. The number of carbonyl (C=O) groups excluding carboxylic acids is 2. The van der Waals surface area contributed by atoms with E-state index in [4.69, 9.17) is 9.47 Å². The molecule has 2 aromatic rings. The van der Waals surface area contributed by atoms with Crippen molar-refractivity contribution in [1.29, 1.82) is 0 Å². The fraction of sp³-hybridized carbons (Fsp3) is 0.440. The molecule has 0 fully saturated rings. The lowest BCUT2D eigenvalue weighted by Gasteiger charge is -2.37. The lowest BCUT2D eigenvalue weighted by molar-refractivity contribution is -0.135. The minimum atomic E-state index is -0.401. The van der Waals surface area contributed by atoms with E-state index in [0.29, 0.717) is 24.7 Å². The number of fused-ring (bicyclic) bond motifs is 1. The summed E-state index contributed by atoms with van der Waals surface area (Å²) >= 11 is 1.70. The summed E-state index contributed by atoms with van der Waals surface area (Å²) in [5.74, 6) is 1.16. The number of ether oxygens (including phenoxy) is 2. The van der Waals surface area contributed by atoms with Crippen LogP contribution in [0.5, 0.6) is 11.5 Å². The lowest BCUT2D eigenvalue weighted by Crippen LogP contribution is -2.53. The molecule has 1 atom stereocenters. The molecule has 178 valence electrons. The smallest absolute Gasteiger partial charge is 0.318 e. The van der Waals surface area contributed by atoms with Crippen molar-refractivity contribution in [3.63, 3.8) is 0 Å². The van der Waals surface area contributed by atoms with E-state index in [2.05, 4.69) is 23.3 Å². The van der Waals surface area contributed by atoms with Gasteiger partial charge in [0, 0.05) is 23.5 Å². The molecule has 3 amide bonds. The number of methoxy groups -OCH3 is 1. The number of benzene rings is 1. The molecule has 1 aliphatic heterocycles. The van der Waals surface area contributed by atoms with Crippen LogP contribution in [0.3, 0.4) is 0 Å². The highest BCUT2D eigenvalue weighted by Gasteiger charge is 2.34. The zero-order valence-corrected chi connectivity index (χ0v) is 20.6. The summed E-state index contributed by atoms with van der Waals surface area (Å²) in [5.41, 5.74) is 0.699. The Bertz CT molecular complexity index is 982. The molecule has 3 rings (SSSR count). The summed E-state index contributed by atoms with van der Waals surface area (Å²) in [4.78, 5) is 30.7. The summed E-state index contributed by atoms with van der Waals surface area (Å²) in [7, 11) is 1.60. The highest BCUT2D eigenvalue weighted by molar-refractivity contribution is 7.10. The minimum absolute atomic E-state index is 0.0292. The van der Waals surface area contributed by atoms with E-state index in [1.165, 1.54) is 9.78 Å². The molecule has 0 saturated carbocycles. The van der Waals surface area contributed by atoms with Crippen LogP contribution < -0.4 is 14.8 Å². The van der Waals surface area contributed by atoms with Crippen LogP contribution in [0.1, 0.15) is 37.3 Å². The molecule has 7 nitrogen and oxygen atoms in total. The van der Waals surface area contributed by atoms with E-state index >= 15 is 0 Å². The number of amides is 3. The van der Waals surface area contributed by atoms with Gasteiger partial charge in [-0.2, -0.15) is 0 Å². The summed E-state index contributed by atoms with van der Waals surface area (Å²) in [6.45, 7) is 10.6. The largest absolute Gasteiger partial charge is 0.493 e. The predicted octanol–water partition coefficient (Wildman–Crippen LogP) is 4.26. The van der Waals surface area contributed by atoms with Gasteiger partial charge < -0.3 is 24.6 Å². The molecule has 1 aromatic carbocycles. The molecule has 0 bridgehead atoms. The summed E-state index contributed by atoms with van der Waals surface area (Å²) in [5, 5.41) is 4.98. The summed E-state index contributed by atoms with van der Waals surface area (Å²) in [6, 6.07) is 9.00. The molecule has 0 saturated heterocycles. The third-order valence-corrected chi connectivity index (χ3v) is 6.32. The molecule has 0 spiro atoms. The highest BCUT2D eigenvalue weighted by Crippen LogP contribution is 2.35. The van der Waals surface area contributed by atoms with Gasteiger partial charge in [0.25, 0.3) is 0 Å². The fourth-order valence-corrected chi connectivity index (χ4v) is 4.74. The van der Waals surface area contributed by atoms with Crippen LogP contribution in [0.25, 0.3) is 0 Å². The third kappa shape index (κ3) is 6.28. The second-order valence-corrected chi connectivity index (χ2v) is 9.96. The topological polar surface area (TPSA) is 71.1 Å². The number of nitrogens with one attached hydrogen (secondary N) is 1. The van der Waals surface area contributed by atoms with E-state index in [-0.39, 0.29) is 31.1 Å². The predicted molar refractivity (Wildman–Crippen MR) is 131 cm³/mol. The van der Waals surface area contributed by atoms with Gasteiger partial charge in [0.2, 0.25) is 5.91 Å². The fourth-order valence-electron chi connectivity index (χ4n) is 3.81. The van der Waals surface area contributed by atoms with Gasteiger partial charge >= 0.3 is 6.03 Å². The number of hydrogen-bond donors (Lipinski definition) is 1. The van der Waals surface area contributed by atoms with Crippen molar-refractivity contribution in [3.05, 3.63) is 58.8 Å². The Balaban J connectivity index is 1.78. The number of urea groups is 1. The number of rotatable bonds is 8. The van der Waals surface area contributed by atoms with Crippen molar-refractivity contribution in [2.24, 2.45) is 0 Å². The van der Waals surface area contributed by atoms with Crippen LogP contribution in [-0.2, 0) is 11.2 Å². The van der Waals surface area contributed by atoms with Gasteiger partial charge in [0.05, 0.1) is 13.2 Å². The van der Waals surface area contributed by atoms with Crippen molar-refractivity contribution in [2.45, 2.75) is 38.8 Å². The van der Waals surface area contributed by atoms with E-state index in [0.717, 1.165) is 12.0 Å². The molecule has 0 radical (unpaired) electrons. The Hall–Kier alpha value is -3.00. The molecule has 8 heteroatoms. The quantitative estimate of drug-likeness (QED) is 0.584. The molecule has 2 heterocycles. The number of nitrogens with zero attached hydrogens (tertiary/aromatic N) is 2. The second kappa shape index (κ2) is 10.7. The Morgan fingerprint density at radius 3 is 2.67 bits per heavy atom. The van der Waals surface area contributed by atoms with E-state index in [9.17, 15) is 9.59 Å². The minimum Gasteiger partial charge on any atom is -0.493 e. The molecule has 0 aliphatic carbocycles. The third-order valence-electron chi connectivity index (χ3n) is 5.33. The van der Waals surface area contributed by atoms with Crippen molar-refractivity contribution in [1.82, 2.24) is 15.1 Å². The van der Waals surface area contributed by atoms with Crippen molar-refractivity contribution in [3.8, 4) is 11.5 Å². The SMILES string of the molecule is C=CCN(CC(=O)N1CCc2sccc2[C@@H]1COc1ccccc1OC)C(=O)NC(C)(C)C. The molecule has 1 aliphatic rings. The first kappa shape index (κ1) is 24.6. The van der Waals surface area contributed by atoms with Crippen LogP contribution in [0.2, 0.25) is 0 Å². The van der Waals surface area contributed by atoms with Crippen molar-refractivity contribution in [2.75, 3.05) is 33.4 Å². The highest BCUT2D eigenvalue weighted by atomic mass is 32.1. The van der Waals surface area contributed by atoms with Gasteiger partial charge in [-0.25, -0.2) is 4.79 Å². The van der Waals surface area contributed by atoms with Gasteiger partial charge in [-0.1, -0.05) is 18.2 Å². The van der Waals surface area contributed by atoms with Gasteiger partial charge in [0.1, 0.15) is 13.2 Å². The number of thiophene rings is 1. The number of para-hydroxylation sites is 2. The Morgan fingerprint density at radius 1 is 1.27 bits per heavy atom. The summed E-state index contributed by atoms with van der Waals surface area (Å²) in [6.07, 6.45) is 2.42. The van der Waals surface area contributed by atoms with Crippen molar-refractivity contribution < 1.29 is 19.1 Å². The lowest BCUT2D eigenvalue weighted by atomic mass is 10.0. The average Bonchev–Trinajstić information content (AvgIpc) is 3.25. The normalized spacial score (nSPS) is 15.4. The van der Waals surface area contributed by atoms with Crippen LogP contribution in [0.15, 0.2) is 48.4 Å². The molecular weight excluding hydrogens is 438 g/mol. The van der Waals surface area contributed by atoms with Crippen LogP contribution in [-0.4, -0.2) is 60.6 Å². The maximum Gasteiger partial charge on any atom is 0.318 e. The van der Waals surface area contributed by atoms with E-state index in [1.54, 1.807) is 24.5 Å². The standard InChI is InChI=1S/C25H33N3O4S/c1-6-13-27(24(30)26-25(2,3)4)16-23(29)28-14-11-22-18(12-15-33-22)19(28)17-32-21-10-8-7-9-20(21)31-5/h6-10,12,15,19H,1,11,13-14,16-17H2,2-5H3,(H,26,30)/t19-/m0/s1. The molecule has 0 unspecified atom stereocenters. The van der Waals surface area contributed by atoms with Gasteiger partial charge in [-0.05, 0) is 56.3 Å². The van der Waals surface area contributed by atoms with E-state index < -0.39 is 5.54 Å².